The zero-order chi connectivity index (χ0) is 23.4. The molecular weight excluding hydrogens is 461 g/mol. The Bertz CT molecular complexity index is 960. The Hall–Kier alpha value is -2.03. The van der Waals surface area contributed by atoms with Crippen molar-refractivity contribution in [3.05, 3.63) is 46.9 Å². The Morgan fingerprint density at radius 2 is 1.85 bits per heavy atom. The van der Waals surface area contributed by atoms with E-state index in [1.165, 1.54) is 18.6 Å². The second-order valence-corrected chi connectivity index (χ2v) is 10.2. The summed E-state index contributed by atoms with van der Waals surface area (Å²) in [5, 5.41) is 7.23. The third kappa shape index (κ3) is 6.11. The number of anilines is 2. The molecule has 2 saturated heterocycles. The van der Waals surface area contributed by atoms with Gasteiger partial charge in [-0.05, 0) is 61.0 Å². The summed E-state index contributed by atoms with van der Waals surface area (Å²) in [7, 11) is 0. The molecule has 1 aromatic carbocycles. The number of thiocarbonyl (C=S) groups is 1. The van der Waals surface area contributed by atoms with Gasteiger partial charge in [0.15, 0.2) is 5.11 Å². The highest BCUT2D eigenvalue weighted by Gasteiger charge is 2.34. The smallest absolute Gasteiger partial charge is 0.232 e. The van der Waals surface area contributed by atoms with Crippen LogP contribution in [0.4, 0.5) is 16.2 Å². The maximum Gasteiger partial charge on any atom is 0.232 e. The van der Waals surface area contributed by atoms with E-state index in [4.69, 9.17) is 28.6 Å². The van der Waals surface area contributed by atoms with Crippen LogP contribution in [0.15, 0.2) is 30.3 Å². The van der Waals surface area contributed by atoms with Crippen molar-refractivity contribution in [2.75, 3.05) is 43.1 Å². The first-order valence-electron chi connectivity index (χ1n) is 11.5. The maximum atomic E-state index is 13.5. The quantitative estimate of drug-likeness (QED) is 0.460. The Morgan fingerprint density at radius 3 is 2.52 bits per heavy atom. The van der Waals surface area contributed by atoms with Crippen molar-refractivity contribution < 1.29 is 9.13 Å². The van der Waals surface area contributed by atoms with Crippen LogP contribution < -0.4 is 15.5 Å². The van der Waals surface area contributed by atoms with Crippen LogP contribution in [0.25, 0.3) is 0 Å². The lowest BCUT2D eigenvalue weighted by Crippen LogP contribution is -2.45. The molecule has 2 atom stereocenters. The minimum absolute atomic E-state index is 0.182. The van der Waals surface area contributed by atoms with Crippen molar-refractivity contribution in [3.63, 3.8) is 0 Å². The van der Waals surface area contributed by atoms with Crippen molar-refractivity contribution in [2.24, 2.45) is 11.8 Å². The van der Waals surface area contributed by atoms with E-state index in [0.29, 0.717) is 47.8 Å². The molecule has 0 saturated carbocycles. The van der Waals surface area contributed by atoms with E-state index in [2.05, 4.69) is 39.3 Å². The predicted molar refractivity (Wildman–Crippen MR) is 135 cm³/mol. The van der Waals surface area contributed by atoms with E-state index < -0.39 is 0 Å². The molecule has 9 heteroatoms. The average molecular weight is 492 g/mol. The van der Waals surface area contributed by atoms with E-state index in [1.807, 2.05) is 12.1 Å². The molecule has 6 nitrogen and oxygen atoms in total. The number of hydrogen-bond donors (Lipinski definition) is 2. The van der Waals surface area contributed by atoms with Crippen molar-refractivity contribution in [1.29, 1.82) is 0 Å². The van der Waals surface area contributed by atoms with Gasteiger partial charge in [-0.2, -0.15) is 4.98 Å². The molecular formula is C24H31ClFN5OS. The molecule has 0 bridgehead atoms. The van der Waals surface area contributed by atoms with Gasteiger partial charge in [0.25, 0.3) is 0 Å². The summed E-state index contributed by atoms with van der Waals surface area (Å²) in [6.07, 6.45) is 2.88. The van der Waals surface area contributed by atoms with Crippen molar-refractivity contribution in [3.8, 4) is 0 Å². The molecule has 2 aromatic rings. The molecule has 2 N–H and O–H groups in total. The molecule has 4 rings (SSSR count). The fourth-order valence-electron chi connectivity index (χ4n) is 5.00. The number of benzene rings is 1. The molecule has 0 aliphatic carbocycles. The highest BCUT2D eigenvalue weighted by atomic mass is 35.5. The van der Waals surface area contributed by atoms with Gasteiger partial charge in [0.2, 0.25) is 5.95 Å². The summed E-state index contributed by atoms with van der Waals surface area (Å²) in [4.78, 5) is 11.3. The zero-order valence-corrected chi connectivity index (χ0v) is 20.7. The molecule has 3 heterocycles. The predicted octanol–water partition coefficient (Wildman–Crippen LogP) is 4.79. The molecule has 0 spiro atoms. The minimum atomic E-state index is -0.238. The maximum absolute atomic E-state index is 13.5. The van der Waals surface area contributed by atoms with E-state index in [-0.39, 0.29) is 11.2 Å². The van der Waals surface area contributed by atoms with E-state index in [9.17, 15) is 4.39 Å². The summed E-state index contributed by atoms with van der Waals surface area (Å²) >= 11 is 11.9. The first kappa shape index (κ1) is 24.1. The standard InChI is InChI=1S/C24H31ClFN5OS/c1-16-11-17(2)14-31(13-16)21-12-20(25)28-22(29-21)30-23(33)27-15-24(7-9-32-10-8-24)18-3-5-19(26)6-4-18/h3-6,12,16-17H,7-11,13-15H2,1-2H3,(H2,27,28,29,30,33)/t16-,17+. The van der Waals surface area contributed by atoms with Gasteiger partial charge >= 0.3 is 0 Å². The number of nitrogens with zero attached hydrogens (tertiary/aromatic N) is 3. The molecule has 0 radical (unpaired) electrons. The first-order chi connectivity index (χ1) is 15.8. The van der Waals surface area contributed by atoms with Gasteiger partial charge in [0.05, 0.1) is 0 Å². The van der Waals surface area contributed by atoms with Gasteiger partial charge in [-0.25, -0.2) is 9.37 Å². The molecule has 0 amide bonds. The summed E-state index contributed by atoms with van der Waals surface area (Å²) in [5.41, 5.74) is 0.898. The average Bonchev–Trinajstić information content (AvgIpc) is 2.78. The monoisotopic (exact) mass is 491 g/mol. The van der Waals surface area contributed by atoms with Gasteiger partial charge in [-0.3, -0.25) is 0 Å². The molecule has 33 heavy (non-hydrogen) atoms. The number of rotatable bonds is 5. The lowest BCUT2D eigenvalue weighted by Gasteiger charge is -2.38. The summed E-state index contributed by atoms with van der Waals surface area (Å²) in [5.74, 6) is 2.15. The molecule has 2 aliphatic heterocycles. The normalized spacial score (nSPS) is 22.6. The molecule has 0 unspecified atom stereocenters. The van der Waals surface area contributed by atoms with Crippen molar-refractivity contribution in [2.45, 2.75) is 38.5 Å². The fraction of sp³-hybridized carbons (Fsp3) is 0.542. The number of hydrogen-bond acceptors (Lipinski definition) is 5. The Kier molecular flexibility index (Phi) is 7.66. The summed E-state index contributed by atoms with van der Waals surface area (Å²) in [6, 6.07) is 8.52. The largest absolute Gasteiger partial charge is 0.381 e. The Morgan fingerprint density at radius 1 is 1.18 bits per heavy atom. The number of piperidine rings is 1. The topological polar surface area (TPSA) is 62.3 Å². The number of aromatic nitrogens is 2. The molecule has 2 fully saturated rings. The lowest BCUT2D eigenvalue weighted by atomic mass is 9.74. The van der Waals surface area contributed by atoms with Crippen LogP contribution in [-0.4, -0.2) is 47.9 Å². The third-order valence-electron chi connectivity index (χ3n) is 6.59. The van der Waals surface area contributed by atoms with Crippen LogP contribution in [0.2, 0.25) is 5.15 Å². The van der Waals surface area contributed by atoms with Crippen LogP contribution in [0.3, 0.4) is 0 Å². The molecule has 2 aliphatic rings. The van der Waals surface area contributed by atoms with Crippen LogP contribution in [-0.2, 0) is 10.2 Å². The number of nitrogens with one attached hydrogen (secondary N) is 2. The summed E-state index contributed by atoms with van der Waals surface area (Å²) < 4.78 is 19.1. The van der Waals surface area contributed by atoms with Crippen LogP contribution in [0.5, 0.6) is 0 Å². The van der Waals surface area contributed by atoms with Gasteiger partial charge in [-0.15, -0.1) is 0 Å². The van der Waals surface area contributed by atoms with Gasteiger partial charge < -0.3 is 20.3 Å². The second-order valence-electron chi connectivity index (χ2n) is 9.43. The molecule has 178 valence electrons. The SMILES string of the molecule is C[C@@H]1C[C@H](C)CN(c2cc(Cl)nc(NC(=S)NCC3(c4ccc(F)cc4)CCOCC3)n2)C1. The number of ether oxygens (including phenoxy) is 1. The van der Waals surface area contributed by atoms with Crippen molar-refractivity contribution >= 4 is 40.7 Å². The van der Waals surface area contributed by atoms with Gasteiger partial charge in [0.1, 0.15) is 16.8 Å². The van der Waals surface area contributed by atoms with Crippen LogP contribution >= 0.6 is 23.8 Å². The minimum Gasteiger partial charge on any atom is -0.381 e. The summed E-state index contributed by atoms with van der Waals surface area (Å²) in [6.45, 7) is 8.33. The lowest BCUT2D eigenvalue weighted by molar-refractivity contribution is 0.0515. The Balaban J connectivity index is 1.43. The third-order valence-corrected chi connectivity index (χ3v) is 7.03. The van der Waals surface area contributed by atoms with Crippen LogP contribution in [0.1, 0.15) is 38.7 Å². The number of halogens is 2. The van der Waals surface area contributed by atoms with E-state index in [0.717, 1.165) is 37.3 Å². The second kappa shape index (κ2) is 10.5. The van der Waals surface area contributed by atoms with Gasteiger partial charge in [-0.1, -0.05) is 37.6 Å². The van der Waals surface area contributed by atoms with Crippen molar-refractivity contribution in [1.82, 2.24) is 15.3 Å². The highest BCUT2D eigenvalue weighted by molar-refractivity contribution is 7.80. The fourth-order valence-corrected chi connectivity index (χ4v) is 5.34. The molecule has 1 aromatic heterocycles. The first-order valence-corrected chi connectivity index (χ1v) is 12.3. The van der Waals surface area contributed by atoms with E-state index >= 15 is 0 Å². The van der Waals surface area contributed by atoms with Crippen LogP contribution in [0, 0.1) is 17.7 Å². The highest BCUT2D eigenvalue weighted by Crippen LogP contribution is 2.34. The van der Waals surface area contributed by atoms with Gasteiger partial charge in [0, 0.05) is 44.3 Å². The zero-order valence-electron chi connectivity index (χ0n) is 19.1. The Labute approximate surface area is 205 Å². The van der Waals surface area contributed by atoms with E-state index in [1.54, 1.807) is 6.07 Å².